The van der Waals surface area contributed by atoms with Crippen LogP contribution in [-0.2, 0) is 4.79 Å². The van der Waals surface area contributed by atoms with Crippen molar-refractivity contribution in [2.24, 2.45) is 0 Å². The lowest BCUT2D eigenvalue weighted by molar-refractivity contribution is -0.111. The minimum Gasteiger partial charge on any atom is -0.294 e. The second-order valence-corrected chi connectivity index (χ2v) is 6.52. The number of unbranched alkanes of at least 4 members (excludes halogenated alkanes) is 6. The summed E-state index contributed by atoms with van der Waals surface area (Å²) in [5.41, 5.74) is 3.47. The number of carbonyl (C=O) groups excluding carboxylic acids is 1. The smallest absolute Gasteiger partial charge is 0.160 e. The number of hydrogen-bond acceptors (Lipinski definition) is 1. The molecule has 0 heterocycles. The summed E-state index contributed by atoms with van der Waals surface area (Å²) in [5.74, 6) is 0.220. The maximum absolute atomic E-state index is 12.3. The van der Waals surface area contributed by atoms with Gasteiger partial charge in [0, 0.05) is 5.57 Å². The molecule has 0 N–H and O–H groups in total. The summed E-state index contributed by atoms with van der Waals surface area (Å²) in [7, 11) is 0. The van der Waals surface area contributed by atoms with Crippen molar-refractivity contribution in [3.8, 4) is 0 Å². The van der Waals surface area contributed by atoms with Crippen LogP contribution in [0.5, 0.6) is 0 Å². The third-order valence-electron chi connectivity index (χ3n) is 4.43. The minimum absolute atomic E-state index is 0.220. The van der Waals surface area contributed by atoms with E-state index in [0.29, 0.717) is 0 Å². The second kappa shape index (κ2) is 12.1. The van der Waals surface area contributed by atoms with Crippen molar-refractivity contribution < 1.29 is 4.79 Å². The quantitative estimate of drug-likeness (QED) is 0.301. The van der Waals surface area contributed by atoms with Gasteiger partial charge in [0.05, 0.1) is 0 Å². The van der Waals surface area contributed by atoms with Crippen LogP contribution in [-0.4, -0.2) is 5.78 Å². The van der Waals surface area contributed by atoms with E-state index in [1.54, 1.807) is 6.92 Å². The van der Waals surface area contributed by atoms with Crippen LogP contribution in [0.15, 0.2) is 35.9 Å². The summed E-state index contributed by atoms with van der Waals surface area (Å²) in [6, 6.07) is 10.2. The largest absolute Gasteiger partial charge is 0.294 e. The third-order valence-corrected chi connectivity index (χ3v) is 4.43. The van der Waals surface area contributed by atoms with Gasteiger partial charge in [-0.15, -0.1) is 0 Å². The Hall–Kier alpha value is -1.37. The number of rotatable bonds is 12. The van der Waals surface area contributed by atoms with Crippen LogP contribution < -0.4 is 0 Å². The van der Waals surface area contributed by atoms with E-state index in [1.165, 1.54) is 56.9 Å². The molecule has 0 saturated heterocycles. The van der Waals surface area contributed by atoms with Crippen molar-refractivity contribution in [3.05, 3.63) is 41.5 Å². The van der Waals surface area contributed by atoms with Crippen molar-refractivity contribution in [1.82, 2.24) is 0 Å². The summed E-state index contributed by atoms with van der Waals surface area (Å²) in [6.07, 6.45) is 12.2. The Balaban J connectivity index is 2.91. The highest BCUT2D eigenvalue weighted by molar-refractivity contribution is 6.20. The molecule has 0 bridgehead atoms. The number of hydrogen-bond donors (Lipinski definition) is 0. The van der Waals surface area contributed by atoms with E-state index in [0.717, 1.165) is 24.0 Å². The SMILES string of the molecule is CCCCCCC(CCCCCC)=C(C(C)=O)c1ccccc1. The van der Waals surface area contributed by atoms with Gasteiger partial charge in [-0.05, 0) is 38.2 Å². The van der Waals surface area contributed by atoms with Crippen molar-refractivity contribution in [1.29, 1.82) is 0 Å². The molecule has 0 atom stereocenters. The number of Topliss-reactive ketones (excluding diaryl/α,β-unsaturated/α-hetero) is 1. The molecule has 0 radical (unpaired) electrons. The second-order valence-electron chi connectivity index (χ2n) is 6.52. The molecule has 1 rings (SSSR count). The first-order valence-corrected chi connectivity index (χ1v) is 9.49. The molecule has 0 aliphatic heterocycles. The predicted octanol–water partition coefficient (Wildman–Crippen LogP) is 6.97. The summed E-state index contributed by atoms with van der Waals surface area (Å²) in [5, 5.41) is 0. The highest BCUT2D eigenvalue weighted by Crippen LogP contribution is 2.28. The van der Waals surface area contributed by atoms with E-state index in [-0.39, 0.29) is 5.78 Å². The van der Waals surface area contributed by atoms with Crippen molar-refractivity contribution in [2.75, 3.05) is 0 Å². The number of allylic oxidation sites excluding steroid dienone is 2. The van der Waals surface area contributed by atoms with Crippen molar-refractivity contribution >= 4 is 11.4 Å². The van der Waals surface area contributed by atoms with Gasteiger partial charge >= 0.3 is 0 Å². The van der Waals surface area contributed by atoms with Gasteiger partial charge in [0.2, 0.25) is 0 Å². The summed E-state index contributed by atoms with van der Waals surface area (Å²) in [6.45, 7) is 6.21. The first-order chi connectivity index (χ1) is 11.2. The zero-order chi connectivity index (χ0) is 16.9. The van der Waals surface area contributed by atoms with Gasteiger partial charge < -0.3 is 0 Å². The first-order valence-electron chi connectivity index (χ1n) is 9.49. The Labute approximate surface area is 143 Å². The molecule has 0 amide bonds. The van der Waals surface area contributed by atoms with Gasteiger partial charge in [0.1, 0.15) is 0 Å². The summed E-state index contributed by atoms with van der Waals surface area (Å²) < 4.78 is 0. The molecule has 0 spiro atoms. The van der Waals surface area contributed by atoms with Crippen LogP contribution in [0, 0.1) is 0 Å². The number of ketones is 1. The molecule has 0 saturated carbocycles. The topological polar surface area (TPSA) is 17.1 Å². The van der Waals surface area contributed by atoms with Gasteiger partial charge in [-0.2, -0.15) is 0 Å². The summed E-state index contributed by atoms with van der Waals surface area (Å²) >= 11 is 0. The molecule has 0 aliphatic rings. The zero-order valence-electron chi connectivity index (χ0n) is 15.4. The normalized spacial score (nSPS) is 10.6. The highest BCUT2D eigenvalue weighted by atomic mass is 16.1. The summed E-state index contributed by atoms with van der Waals surface area (Å²) in [4.78, 5) is 12.3. The molecule has 1 aromatic rings. The van der Waals surface area contributed by atoms with Crippen LogP contribution in [0.4, 0.5) is 0 Å². The molecule has 1 aromatic carbocycles. The lowest BCUT2D eigenvalue weighted by atomic mass is 9.90. The molecule has 0 aliphatic carbocycles. The average Bonchev–Trinajstić information content (AvgIpc) is 2.56. The fourth-order valence-corrected chi connectivity index (χ4v) is 3.17. The van der Waals surface area contributed by atoms with Crippen molar-refractivity contribution in [2.45, 2.75) is 85.0 Å². The molecule has 128 valence electrons. The average molecular weight is 315 g/mol. The molecule has 0 unspecified atom stereocenters. The third kappa shape index (κ3) is 7.63. The molecule has 0 aromatic heterocycles. The standard InChI is InChI=1S/C22H34O/c1-4-6-8-11-15-20(16-12-9-7-5-2)22(19(3)23)21-17-13-10-14-18-21/h10,13-14,17-18H,4-9,11-12,15-16H2,1-3H3. The van der Waals surface area contributed by atoms with E-state index >= 15 is 0 Å². The highest BCUT2D eigenvalue weighted by Gasteiger charge is 2.13. The van der Waals surface area contributed by atoms with E-state index in [2.05, 4.69) is 26.0 Å². The van der Waals surface area contributed by atoms with Crippen LogP contribution in [0.2, 0.25) is 0 Å². The predicted molar refractivity (Wildman–Crippen MR) is 102 cm³/mol. The zero-order valence-corrected chi connectivity index (χ0v) is 15.4. The monoisotopic (exact) mass is 314 g/mol. The van der Waals surface area contributed by atoms with Gasteiger partial charge in [-0.1, -0.05) is 88.3 Å². The Bertz CT molecular complexity index is 456. The first kappa shape index (κ1) is 19.7. The molecular weight excluding hydrogens is 280 g/mol. The van der Waals surface area contributed by atoms with E-state index < -0.39 is 0 Å². The molecular formula is C22H34O. The lowest BCUT2D eigenvalue weighted by Crippen LogP contribution is -2.02. The fraction of sp³-hybridized carbons (Fsp3) is 0.591. The van der Waals surface area contributed by atoms with E-state index in [4.69, 9.17) is 0 Å². The Morgan fingerprint density at radius 3 is 1.74 bits per heavy atom. The maximum atomic E-state index is 12.3. The Morgan fingerprint density at radius 2 is 1.30 bits per heavy atom. The lowest BCUT2D eigenvalue weighted by Gasteiger charge is -2.14. The van der Waals surface area contributed by atoms with Crippen LogP contribution in [0.3, 0.4) is 0 Å². The number of benzene rings is 1. The van der Waals surface area contributed by atoms with Crippen LogP contribution in [0.1, 0.15) is 90.5 Å². The van der Waals surface area contributed by atoms with Gasteiger partial charge in [0.25, 0.3) is 0 Å². The minimum atomic E-state index is 0.220. The van der Waals surface area contributed by atoms with Crippen LogP contribution >= 0.6 is 0 Å². The molecule has 1 nitrogen and oxygen atoms in total. The Morgan fingerprint density at radius 1 is 0.783 bits per heavy atom. The van der Waals surface area contributed by atoms with Crippen molar-refractivity contribution in [3.63, 3.8) is 0 Å². The van der Waals surface area contributed by atoms with Gasteiger partial charge in [0.15, 0.2) is 5.78 Å². The van der Waals surface area contributed by atoms with E-state index in [9.17, 15) is 4.79 Å². The van der Waals surface area contributed by atoms with Crippen LogP contribution in [0.25, 0.3) is 5.57 Å². The van der Waals surface area contributed by atoms with Gasteiger partial charge in [-0.25, -0.2) is 0 Å². The molecule has 23 heavy (non-hydrogen) atoms. The Kier molecular flexibility index (Phi) is 10.4. The molecule has 1 heteroatoms. The maximum Gasteiger partial charge on any atom is 0.160 e. The van der Waals surface area contributed by atoms with E-state index in [1.807, 2.05) is 18.2 Å². The van der Waals surface area contributed by atoms with Gasteiger partial charge in [-0.3, -0.25) is 4.79 Å². The fourth-order valence-electron chi connectivity index (χ4n) is 3.17. The number of carbonyl (C=O) groups is 1. The molecule has 0 fully saturated rings.